The van der Waals surface area contributed by atoms with Gasteiger partial charge >= 0.3 is 0 Å². The molecule has 0 saturated carbocycles. The zero-order chi connectivity index (χ0) is 14.7. The van der Waals surface area contributed by atoms with E-state index in [1.807, 2.05) is 6.92 Å². The third-order valence-electron chi connectivity index (χ3n) is 3.17. The molecule has 106 valence electrons. The second-order valence-electron chi connectivity index (χ2n) is 4.74. The summed E-state index contributed by atoms with van der Waals surface area (Å²) < 4.78 is 0. The fourth-order valence-corrected chi connectivity index (χ4v) is 3.17. The maximum atomic E-state index is 12.3. The highest BCUT2D eigenvalue weighted by Gasteiger charge is 2.15. The topological polar surface area (TPSA) is 54.0 Å². The van der Waals surface area contributed by atoms with E-state index in [0.717, 1.165) is 0 Å². The lowest BCUT2D eigenvalue weighted by Crippen LogP contribution is -2.26. The van der Waals surface area contributed by atoms with Crippen LogP contribution in [0.5, 0.6) is 0 Å². The van der Waals surface area contributed by atoms with Crippen molar-refractivity contribution in [3.63, 3.8) is 0 Å². The summed E-state index contributed by atoms with van der Waals surface area (Å²) in [6.07, 6.45) is 1.63. The van der Waals surface area contributed by atoms with Crippen molar-refractivity contribution in [2.45, 2.75) is 26.8 Å². The summed E-state index contributed by atoms with van der Waals surface area (Å²) in [5.74, 6) is 0.604. The fourth-order valence-electron chi connectivity index (χ4n) is 2.15. The van der Waals surface area contributed by atoms with E-state index in [1.54, 1.807) is 36.7 Å². The van der Waals surface area contributed by atoms with Crippen LogP contribution in [0.4, 0.5) is 5.82 Å². The van der Waals surface area contributed by atoms with Crippen LogP contribution < -0.4 is 10.6 Å². The predicted octanol–water partition coefficient (Wildman–Crippen LogP) is 3.29. The van der Waals surface area contributed by atoms with Gasteiger partial charge < -0.3 is 10.6 Å². The van der Waals surface area contributed by atoms with Crippen molar-refractivity contribution >= 4 is 23.1 Å². The van der Waals surface area contributed by atoms with Gasteiger partial charge in [-0.2, -0.15) is 0 Å². The predicted molar refractivity (Wildman–Crippen MR) is 83.5 cm³/mol. The number of amides is 1. The van der Waals surface area contributed by atoms with Crippen LogP contribution in [-0.4, -0.2) is 17.9 Å². The molecule has 1 unspecified atom stereocenters. The van der Waals surface area contributed by atoms with Crippen molar-refractivity contribution in [3.05, 3.63) is 45.3 Å². The van der Waals surface area contributed by atoms with Crippen molar-refractivity contribution in [2.75, 3.05) is 12.4 Å². The quantitative estimate of drug-likeness (QED) is 0.908. The molecule has 2 rings (SSSR count). The van der Waals surface area contributed by atoms with E-state index in [4.69, 9.17) is 0 Å². The zero-order valence-electron chi connectivity index (χ0n) is 12.2. The van der Waals surface area contributed by atoms with E-state index in [0.29, 0.717) is 11.4 Å². The molecular formula is C15H19N3OS. The van der Waals surface area contributed by atoms with Crippen molar-refractivity contribution in [3.8, 4) is 0 Å². The maximum absolute atomic E-state index is 12.3. The summed E-state index contributed by atoms with van der Waals surface area (Å²) in [6, 6.07) is 5.59. The number of anilines is 1. The van der Waals surface area contributed by atoms with Gasteiger partial charge in [-0.15, -0.1) is 11.3 Å². The second kappa shape index (κ2) is 6.05. The summed E-state index contributed by atoms with van der Waals surface area (Å²) in [7, 11) is 1.78. The Morgan fingerprint density at radius 2 is 2.10 bits per heavy atom. The monoisotopic (exact) mass is 289 g/mol. The van der Waals surface area contributed by atoms with E-state index < -0.39 is 0 Å². The lowest BCUT2D eigenvalue weighted by molar-refractivity contribution is 0.0940. The molecule has 5 heteroatoms. The minimum Gasteiger partial charge on any atom is -0.373 e. The summed E-state index contributed by atoms with van der Waals surface area (Å²) >= 11 is 1.76. The van der Waals surface area contributed by atoms with E-state index in [2.05, 4.69) is 35.5 Å². The van der Waals surface area contributed by atoms with Gasteiger partial charge in [-0.3, -0.25) is 4.79 Å². The molecule has 1 amide bonds. The van der Waals surface area contributed by atoms with E-state index >= 15 is 0 Å². The summed E-state index contributed by atoms with van der Waals surface area (Å²) in [6.45, 7) is 6.17. The van der Waals surface area contributed by atoms with Gasteiger partial charge in [-0.05, 0) is 44.5 Å². The van der Waals surface area contributed by atoms with Crippen LogP contribution in [0.15, 0.2) is 24.4 Å². The van der Waals surface area contributed by atoms with Crippen LogP contribution in [0.2, 0.25) is 0 Å². The molecule has 4 nitrogen and oxygen atoms in total. The molecule has 0 saturated heterocycles. The van der Waals surface area contributed by atoms with E-state index in [-0.39, 0.29) is 11.9 Å². The Morgan fingerprint density at radius 1 is 1.35 bits per heavy atom. The van der Waals surface area contributed by atoms with Gasteiger partial charge in [0, 0.05) is 28.6 Å². The van der Waals surface area contributed by atoms with Crippen LogP contribution in [0, 0.1) is 13.8 Å². The van der Waals surface area contributed by atoms with Crippen LogP contribution in [0.25, 0.3) is 0 Å². The minimum absolute atomic E-state index is 0.00125. The molecule has 0 spiro atoms. The number of nitrogens with one attached hydrogen (secondary N) is 2. The van der Waals surface area contributed by atoms with Gasteiger partial charge in [0.25, 0.3) is 5.91 Å². The van der Waals surface area contributed by atoms with Crippen molar-refractivity contribution in [2.24, 2.45) is 0 Å². The number of rotatable bonds is 4. The van der Waals surface area contributed by atoms with Gasteiger partial charge in [0.2, 0.25) is 0 Å². The number of aryl methyl sites for hydroxylation is 2. The number of hydrogen-bond acceptors (Lipinski definition) is 4. The van der Waals surface area contributed by atoms with Crippen molar-refractivity contribution in [1.82, 2.24) is 10.3 Å². The number of hydrogen-bond donors (Lipinski definition) is 2. The zero-order valence-corrected chi connectivity index (χ0v) is 13.0. The van der Waals surface area contributed by atoms with Gasteiger partial charge in [0.05, 0.1) is 6.04 Å². The number of carbonyl (C=O) groups is 1. The smallest absolute Gasteiger partial charge is 0.251 e. The van der Waals surface area contributed by atoms with Crippen molar-refractivity contribution < 1.29 is 4.79 Å². The minimum atomic E-state index is -0.0837. The Balaban J connectivity index is 2.12. The van der Waals surface area contributed by atoms with Gasteiger partial charge in [0.15, 0.2) is 0 Å². The Bertz CT molecular complexity index is 621. The molecule has 2 aromatic heterocycles. The number of thiophene rings is 1. The Labute approximate surface area is 123 Å². The van der Waals surface area contributed by atoms with Crippen LogP contribution >= 0.6 is 11.3 Å². The molecule has 20 heavy (non-hydrogen) atoms. The fraction of sp³-hybridized carbons (Fsp3) is 0.333. The molecule has 2 N–H and O–H groups in total. The highest BCUT2D eigenvalue weighted by molar-refractivity contribution is 7.12. The van der Waals surface area contributed by atoms with E-state index in [1.165, 1.54) is 15.3 Å². The number of aromatic nitrogens is 1. The summed E-state index contributed by atoms with van der Waals surface area (Å²) in [4.78, 5) is 18.9. The number of pyridine rings is 1. The molecule has 0 bridgehead atoms. The third-order valence-corrected chi connectivity index (χ3v) is 4.15. The third kappa shape index (κ3) is 3.17. The first-order valence-corrected chi connectivity index (χ1v) is 7.34. The van der Waals surface area contributed by atoms with Crippen molar-refractivity contribution in [1.29, 1.82) is 0 Å². The standard InChI is InChI=1S/C15H19N3OS/c1-9-7-13(11(3)20-9)10(2)18-15(19)12-5-6-17-14(8-12)16-4/h5-8,10H,1-4H3,(H,16,17)(H,18,19). The molecule has 0 aliphatic carbocycles. The molecule has 2 heterocycles. The molecule has 0 radical (unpaired) electrons. The summed E-state index contributed by atoms with van der Waals surface area (Å²) in [5, 5.41) is 5.96. The maximum Gasteiger partial charge on any atom is 0.251 e. The molecule has 0 aromatic carbocycles. The first-order valence-electron chi connectivity index (χ1n) is 6.53. The molecule has 0 aliphatic heterocycles. The highest BCUT2D eigenvalue weighted by atomic mass is 32.1. The molecule has 0 fully saturated rings. The average molecular weight is 289 g/mol. The SMILES string of the molecule is CNc1cc(C(=O)NC(C)c2cc(C)sc2C)ccn1. The lowest BCUT2D eigenvalue weighted by atomic mass is 10.1. The lowest BCUT2D eigenvalue weighted by Gasteiger charge is -2.14. The van der Waals surface area contributed by atoms with Crippen LogP contribution in [-0.2, 0) is 0 Å². The Morgan fingerprint density at radius 3 is 2.70 bits per heavy atom. The van der Waals surface area contributed by atoms with Crippen LogP contribution in [0.3, 0.4) is 0 Å². The molecule has 2 aromatic rings. The second-order valence-corrected chi connectivity index (χ2v) is 6.20. The van der Waals surface area contributed by atoms with Gasteiger partial charge in [-0.1, -0.05) is 0 Å². The number of carbonyl (C=O) groups excluding carboxylic acids is 1. The van der Waals surface area contributed by atoms with Gasteiger partial charge in [-0.25, -0.2) is 4.98 Å². The highest BCUT2D eigenvalue weighted by Crippen LogP contribution is 2.26. The van der Waals surface area contributed by atoms with Crippen LogP contribution in [0.1, 0.15) is 38.6 Å². The first-order chi connectivity index (χ1) is 9.51. The Kier molecular flexibility index (Phi) is 4.39. The van der Waals surface area contributed by atoms with E-state index in [9.17, 15) is 4.79 Å². The number of nitrogens with zero attached hydrogens (tertiary/aromatic N) is 1. The normalized spacial score (nSPS) is 12.0. The molecule has 0 aliphatic rings. The molecule has 1 atom stereocenters. The largest absolute Gasteiger partial charge is 0.373 e. The average Bonchev–Trinajstić information content (AvgIpc) is 2.77. The first kappa shape index (κ1) is 14.5. The Hall–Kier alpha value is -1.88. The molecular weight excluding hydrogens is 270 g/mol. The van der Waals surface area contributed by atoms with Gasteiger partial charge in [0.1, 0.15) is 5.82 Å². The summed E-state index contributed by atoms with van der Waals surface area (Å²) in [5.41, 5.74) is 1.80.